The lowest BCUT2D eigenvalue weighted by molar-refractivity contribution is 0.402. The van der Waals surface area contributed by atoms with E-state index in [1.165, 1.54) is 0 Å². The van der Waals surface area contributed by atoms with Crippen LogP contribution >= 0.6 is 0 Å². The number of benzene rings is 1. The smallest absolute Gasteiger partial charge is 0.128 e. The first-order chi connectivity index (χ1) is 8.12. The van der Waals surface area contributed by atoms with Crippen molar-refractivity contribution < 1.29 is 9.47 Å². The third-order valence-electron chi connectivity index (χ3n) is 2.25. The summed E-state index contributed by atoms with van der Waals surface area (Å²) in [5.41, 5.74) is 7.23. The first-order valence-electron chi connectivity index (χ1n) is 5.31. The molecule has 0 saturated heterocycles. The van der Waals surface area contributed by atoms with E-state index in [0.29, 0.717) is 5.84 Å². The summed E-state index contributed by atoms with van der Waals surface area (Å²) in [6.45, 7) is 3.65. The summed E-state index contributed by atoms with van der Waals surface area (Å²) in [7, 11) is 3.25. The Kier molecular flexibility index (Phi) is 4.57. The van der Waals surface area contributed by atoms with Crippen molar-refractivity contribution in [3.63, 3.8) is 0 Å². The molecule has 0 amide bonds. The van der Waals surface area contributed by atoms with Gasteiger partial charge in [-0.15, -0.1) is 0 Å². The van der Waals surface area contributed by atoms with Gasteiger partial charge in [-0.3, -0.25) is 0 Å². The van der Waals surface area contributed by atoms with Crippen molar-refractivity contribution in [2.45, 2.75) is 13.8 Å². The lowest BCUT2D eigenvalue weighted by Crippen LogP contribution is -2.05. The summed E-state index contributed by atoms with van der Waals surface area (Å²) >= 11 is 0. The van der Waals surface area contributed by atoms with E-state index in [0.717, 1.165) is 22.8 Å². The van der Waals surface area contributed by atoms with Crippen LogP contribution in [0.4, 0.5) is 0 Å². The molecule has 2 N–H and O–H groups in total. The fraction of sp³-hybridized carbons (Fsp3) is 0.308. The first-order valence-corrected chi connectivity index (χ1v) is 5.31. The Labute approximate surface area is 102 Å². The number of nitrogens with two attached hydrogens (primary N) is 1. The van der Waals surface area contributed by atoms with Crippen LogP contribution in [0.2, 0.25) is 0 Å². The van der Waals surface area contributed by atoms with Crippen LogP contribution < -0.4 is 15.2 Å². The predicted molar refractivity (Wildman–Crippen MR) is 70.5 cm³/mol. The molecule has 4 heteroatoms. The Balaban J connectivity index is 3.30. The normalized spacial score (nSPS) is 12.5. The molecule has 0 bridgehead atoms. The van der Waals surface area contributed by atoms with Crippen LogP contribution in [0.15, 0.2) is 29.3 Å². The molecular formula is C13H18N2O2. The molecule has 1 rings (SSSR count). The molecule has 0 aliphatic heterocycles. The Morgan fingerprint density at radius 3 is 2.47 bits per heavy atom. The van der Waals surface area contributed by atoms with Gasteiger partial charge in [0.25, 0.3) is 0 Å². The molecule has 0 fully saturated rings. The number of hydrogen-bond donors (Lipinski definition) is 1. The minimum atomic E-state index is 0.503. The van der Waals surface area contributed by atoms with Crippen LogP contribution in [0.1, 0.15) is 19.4 Å². The van der Waals surface area contributed by atoms with Gasteiger partial charge in [0.1, 0.15) is 11.5 Å². The molecule has 0 heterocycles. The number of rotatable bonds is 4. The largest absolute Gasteiger partial charge is 0.497 e. The maximum absolute atomic E-state index is 5.61. The maximum atomic E-state index is 5.61. The van der Waals surface area contributed by atoms with E-state index in [1.807, 2.05) is 31.2 Å². The average Bonchev–Trinajstić information content (AvgIpc) is 2.34. The summed E-state index contributed by atoms with van der Waals surface area (Å²) < 4.78 is 10.5. The summed E-state index contributed by atoms with van der Waals surface area (Å²) in [5.74, 6) is 2.00. The van der Waals surface area contributed by atoms with E-state index in [4.69, 9.17) is 15.2 Å². The Morgan fingerprint density at radius 1 is 1.29 bits per heavy atom. The van der Waals surface area contributed by atoms with E-state index in [9.17, 15) is 0 Å². The Bertz CT molecular complexity index is 447. The molecule has 92 valence electrons. The van der Waals surface area contributed by atoms with E-state index in [2.05, 4.69) is 4.99 Å². The van der Waals surface area contributed by atoms with Crippen molar-refractivity contribution in [2.24, 2.45) is 10.7 Å². The third kappa shape index (κ3) is 3.24. The molecule has 0 aliphatic rings. The molecule has 4 nitrogen and oxygen atoms in total. The molecule has 0 spiro atoms. The van der Waals surface area contributed by atoms with Crippen molar-refractivity contribution in [1.29, 1.82) is 0 Å². The van der Waals surface area contributed by atoms with E-state index in [-0.39, 0.29) is 0 Å². The SMILES string of the molecule is C/C=C(\N=C(C)N)c1cc(OC)ccc1OC. The van der Waals surface area contributed by atoms with Gasteiger partial charge in [0.15, 0.2) is 0 Å². The van der Waals surface area contributed by atoms with Gasteiger partial charge in [0, 0.05) is 5.56 Å². The van der Waals surface area contributed by atoms with Gasteiger partial charge < -0.3 is 15.2 Å². The fourth-order valence-electron chi connectivity index (χ4n) is 1.48. The van der Waals surface area contributed by atoms with Gasteiger partial charge in [0.2, 0.25) is 0 Å². The van der Waals surface area contributed by atoms with Crippen molar-refractivity contribution in [2.75, 3.05) is 14.2 Å². The van der Waals surface area contributed by atoms with Gasteiger partial charge >= 0.3 is 0 Å². The zero-order chi connectivity index (χ0) is 12.8. The highest BCUT2D eigenvalue weighted by molar-refractivity contribution is 5.86. The van der Waals surface area contributed by atoms with Crippen LogP contribution in [-0.4, -0.2) is 20.1 Å². The second-order valence-corrected chi connectivity index (χ2v) is 3.49. The maximum Gasteiger partial charge on any atom is 0.128 e. The highest BCUT2D eigenvalue weighted by Gasteiger charge is 2.09. The summed E-state index contributed by atoms with van der Waals surface area (Å²) in [6.07, 6.45) is 1.88. The summed E-state index contributed by atoms with van der Waals surface area (Å²) in [6, 6.07) is 5.56. The van der Waals surface area contributed by atoms with Gasteiger partial charge in [-0.2, -0.15) is 0 Å². The Morgan fingerprint density at radius 2 is 2.00 bits per heavy atom. The van der Waals surface area contributed by atoms with Crippen LogP contribution in [0.5, 0.6) is 11.5 Å². The predicted octanol–water partition coefficient (Wildman–Crippen LogP) is 2.44. The van der Waals surface area contributed by atoms with E-state index < -0.39 is 0 Å². The Hall–Kier alpha value is -1.97. The monoisotopic (exact) mass is 234 g/mol. The standard InChI is InChI=1S/C13H18N2O2/c1-5-12(15-9(2)14)11-8-10(16-3)6-7-13(11)17-4/h5-8H,1-4H3,(H2,14,15)/b12-5-. The minimum Gasteiger partial charge on any atom is -0.497 e. The van der Waals surface area contributed by atoms with Crippen LogP contribution in [0, 0.1) is 0 Å². The van der Waals surface area contributed by atoms with E-state index >= 15 is 0 Å². The number of hydrogen-bond acceptors (Lipinski definition) is 3. The molecule has 0 saturated carbocycles. The van der Waals surface area contributed by atoms with Crippen molar-refractivity contribution in [3.05, 3.63) is 29.8 Å². The number of allylic oxidation sites excluding steroid dienone is 1. The molecule has 17 heavy (non-hydrogen) atoms. The third-order valence-corrected chi connectivity index (χ3v) is 2.25. The van der Waals surface area contributed by atoms with Gasteiger partial charge in [-0.1, -0.05) is 6.08 Å². The molecule has 0 atom stereocenters. The summed E-state index contributed by atoms with van der Waals surface area (Å²) in [4.78, 5) is 4.27. The van der Waals surface area contributed by atoms with Crippen LogP contribution in [0.25, 0.3) is 5.70 Å². The zero-order valence-corrected chi connectivity index (χ0v) is 10.7. The van der Waals surface area contributed by atoms with Crippen molar-refractivity contribution in [1.82, 2.24) is 0 Å². The second-order valence-electron chi connectivity index (χ2n) is 3.49. The lowest BCUT2D eigenvalue weighted by Gasteiger charge is -2.11. The first kappa shape index (κ1) is 13.1. The number of amidine groups is 1. The molecule has 1 aromatic carbocycles. The van der Waals surface area contributed by atoms with Crippen molar-refractivity contribution in [3.8, 4) is 11.5 Å². The molecule has 0 aliphatic carbocycles. The van der Waals surface area contributed by atoms with Gasteiger partial charge in [-0.05, 0) is 32.0 Å². The summed E-state index contributed by atoms with van der Waals surface area (Å²) in [5, 5.41) is 0. The molecule has 0 radical (unpaired) electrons. The van der Waals surface area contributed by atoms with E-state index in [1.54, 1.807) is 21.1 Å². The topological polar surface area (TPSA) is 56.8 Å². The lowest BCUT2D eigenvalue weighted by atomic mass is 10.1. The zero-order valence-electron chi connectivity index (χ0n) is 10.7. The highest BCUT2D eigenvalue weighted by Crippen LogP contribution is 2.30. The van der Waals surface area contributed by atoms with Crippen molar-refractivity contribution >= 4 is 11.5 Å². The molecule has 0 unspecified atom stereocenters. The van der Waals surface area contributed by atoms with Crippen LogP contribution in [0.3, 0.4) is 0 Å². The molecule has 1 aromatic rings. The van der Waals surface area contributed by atoms with Gasteiger partial charge in [0.05, 0.1) is 25.8 Å². The average molecular weight is 234 g/mol. The number of methoxy groups -OCH3 is 2. The van der Waals surface area contributed by atoms with Gasteiger partial charge in [-0.25, -0.2) is 4.99 Å². The fourth-order valence-corrected chi connectivity index (χ4v) is 1.48. The molecule has 0 aromatic heterocycles. The number of aliphatic imine (C=N–C) groups is 1. The highest BCUT2D eigenvalue weighted by atomic mass is 16.5. The number of nitrogens with zero attached hydrogens (tertiary/aromatic N) is 1. The second kappa shape index (κ2) is 5.94. The number of ether oxygens (including phenoxy) is 2. The van der Waals surface area contributed by atoms with Crippen LogP contribution in [-0.2, 0) is 0 Å². The quantitative estimate of drug-likeness (QED) is 0.643. The molecular weight excluding hydrogens is 216 g/mol. The minimum absolute atomic E-state index is 0.503.